The Kier molecular flexibility index (Phi) is 3.88. The van der Waals surface area contributed by atoms with Crippen molar-refractivity contribution in [2.45, 2.75) is 45.6 Å². The minimum Gasteiger partial charge on any atom is -0.323 e. The summed E-state index contributed by atoms with van der Waals surface area (Å²) in [5.74, 6) is 0.612. The van der Waals surface area contributed by atoms with Crippen molar-refractivity contribution < 1.29 is 0 Å². The molecule has 1 aliphatic carbocycles. The average Bonchev–Trinajstić information content (AvgIpc) is 3.14. The number of fused-ring (bicyclic) bond motifs is 3. The number of thiophene rings is 1. The number of nitrogens with zero attached hydrogens (tertiary/aromatic N) is 4. The Hall–Kier alpha value is -2.15. The van der Waals surface area contributed by atoms with Crippen LogP contribution in [0.25, 0.3) is 10.2 Å². The molecule has 0 saturated carbocycles. The monoisotopic (exact) mass is 343 g/mol. The Bertz CT molecular complexity index is 952. The van der Waals surface area contributed by atoms with E-state index in [1.54, 1.807) is 26.8 Å². The van der Waals surface area contributed by atoms with Crippen molar-refractivity contribution in [2.24, 2.45) is 7.05 Å². The number of hydrogen-bond acceptors (Lipinski definition) is 5. The van der Waals surface area contributed by atoms with Crippen molar-refractivity contribution in [1.29, 1.82) is 0 Å². The van der Waals surface area contributed by atoms with E-state index in [-0.39, 0.29) is 5.56 Å². The highest BCUT2D eigenvalue weighted by atomic mass is 32.1. The van der Waals surface area contributed by atoms with Crippen LogP contribution >= 0.6 is 11.3 Å². The van der Waals surface area contributed by atoms with Crippen molar-refractivity contribution in [3.63, 3.8) is 0 Å². The third kappa shape index (κ3) is 2.53. The van der Waals surface area contributed by atoms with Gasteiger partial charge in [-0.1, -0.05) is 6.92 Å². The second kappa shape index (κ2) is 6.05. The van der Waals surface area contributed by atoms with Gasteiger partial charge in [0.05, 0.1) is 17.3 Å². The molecule has 126 valence electrons. The van der Waals surface area contributed by atoms with Crippen molar-refractivity contribution in [2.75, 3.05) is 5.32 Å². The molecule has 3 heterocycles. The van der Waals surface area contributed by atoms with Crippen LogP contribution in [0.2, 0.25) is 0 Å². The van der Waals surface area contributed by atoms with Crippen LogP contribution in [0.4, 0.5) is 11.6 Å². The molecule has 4 rings (SSSR count). The van der Waals surface area contributed by atoms with Gasteiger partial charge in [-0.15, -0.1) is 11.3 Å². The van der Waals surface area contributed by atoms with Crippen LogP contribution in [0, 0.1) is 0 Å². The first kappa shape index (κ1) is 15.4. The molecular formula is C17H21N5OS. The van der Waals surface area contributed by atoms with Crippen LogP contribution in [0.3, 0.4) is 0 Å². The van der Waals surface area contributed by atoms with Crippen molar-refractivity contribution in [3.05, 3.63) is 33.2 Å². The van der Waals surface area contributed by atoms with E-state index in [9.17, 15) is 4.79 Å². The van der Waals surface area contributed by atoms with Crippen molar-refractivity contribution in [1.82, 2.24) is 19.3 Å². The van der Waals surface area contributed by atoms with Gasteiger partial charge < -0.3 is 5.32 Å². The fourth-order valence-corrected chi connectivity index (χ4v) is 4.63. The summed E-state index contributed by atoms with van der Waals surface area (Å²) in [5.41, 5.74) is 2.18. The Morgan fingerprint density at radius 1 is 1.33 bits per heavy atom. The Balaban J connectivity index is 1.89. The summed E-state index contributed by atoms with van der Waals surface area (Å²) in [6, 6.07) is 0. The fourth-order valence-electron chi connectivity index (χ4n) is 3.38. The Morgan fingerprint density at radius 3 is 2.92 bits per heavy atom. The van der Waals surface area contributed by atoms with E-state index in [4.69, 9.17) is 4.98 Å². The van der Waals surface area contributed by atoms with Gasteiger partial charge in [-0.2, -0.15) is 5.10 Å². The summed E-state index contributed by atoms with van der Waals surface area (Å²) >= 11 is 1.69. The smallest absolute Gasteiger partial charge is 0.263 e. The van der Waals surface area contributed by atoms with Gasteiger partial charge in [-0.25, -0.2) is 4.98 Å². The lowest BCUT2D eigenvalue weighted by Gasteiger charge is -2.13. The molecule has 0 fully saturated rings. The molecule has 0 atom stereocenters. The predicted molar refractivity (Wildman–Crippen MR) is 97.3 cm³/mol. The lowest BCUT2D eigenvalue weighted by atomic mass is 9.97. The standard InChI is InChI=1S/C17H21N5OS/c1-3-8-22-16(23)14-12-6-4-5-7-13(12)24-15(14)20-17(22)19-11-9-18-21(2)10-11/h9-10H,3-8H2,1-2H3,(H,19,20). The van der Waals surface area contributed by atoms with E-state index in [1.807, 2.05) is 13.2 Å². The van der Waals surface area contributed by atoms with Gasteiger partial charge >= 0.3 is 0 Å². The predicted octanol–water partition coefficient (Wildman–Crippen LogP) is 3.22. The summed E-state index contributed by atoms with van der Waals surface area (Å²) in [6.07, 6.45) is 8.98. The van der Waals surface area contributed by atoms with Crippen molar-refractivity contribution in [3.8, 4) is 0 Å². The maximum Gasteiger partial charge on any atom is 0.263 e. The van der Waals surface area contributed by atoms with Gasteiger partial charge in [0.2, 0.25) is 5.95 Å². The second-order valence-electron chi connectivity index (χ2n) is 6.31. The molecule has 0 unspecified atom stereocenters. The topological polar surface area (TPSA) is 64.7 Å². The van der Waals surface area contributed by atoms with Gasteiger partial charge in [0.15, 0.2) is 0 Å². The molecule has 0 saturated heterocycles. The second-order valence-corrected chi connectivity index (χ2v) is 7.39. The molecule has 3 aromatic rings. The zero-order chi connectivity index (χ0) is 16.7. The maximum atomic E-state index is 13.1. The highest BCUT2D eigenvalue weighted by Crippen LogP contribution is 2.34. The summed E-state index contributed by atoms with van der Waals surface area (Å²) in [5, 5.41) is 8.28. The van der Waals surface area contributed by atoms with Gasteiger partial charge in [0.25, 0.3) is 5.56 Å². The third-order valence-electron chi connectivity index (χ3n) is 4.48. The molecule has 6 nitrogen and oxygen atoms in total. The van der Waals surface area contributed by atoms with Crippen LogP contribution in [-0.4, -0.2) is 19.3 Å². The first-order valence-electron chi connectivity index (χ1n) is 8.48. The lowest BCUT2D eigenvalue weighted by Crippen LogP contribution is -2.24. The lowest BCUT2D eigenvalue weighted by molar-refractivity contribution is 0.655. The number of nitrogens with one attached hydrogen (secondary N) is 1. The quantitative estimate of drug-likeness (QED) is 0.790. The molecular weight excluding hydrogens is 322 g/mol. The molecule has 0 aliphatic heterocycles. The van der Waals surface area contributed by atoms with E-state index in [0.29, 0.717) is 12.5 Å². The summed E-state index contributed by atoms with van der Waals surface area (Å²) < 4.78 is 3.50. The SMILES string of the molecule is CCCn1c(Nc2cnn(C)c2)nc2sc3c(c2c1=O)CCCC3. The number of aromatic nitrogens is 4. The Labute approximate surface area is 144 Å². The highest BCUT2D eigenvalue weighted by molar-refractivity contribution is 7.18. The summed E-state index contributed by atoms with van der Waals surface area (Å²) in [6.45, 7) is 2.74. The average molecular weight is 343 g/mol. The third-order valence-corrected chi connectivity index (χ3v) is 5.67. The largest absolute Gasteiger partial charge is 0.323 e. The van der Waals surface area contributed by atoms with E-state index >= 15 is 0 Å². The van der Waals surface area contributed by atoms with E-state index in [2.05, 4.69) is 17.3 Å². The number of rotatable bonds is 4. The number of aryl methyl sites for hydroxylation is 3. The molecule has 24 heavy (non-hydrogen) atoms. The molecule has 1 N–H and O–H groups in total. The zero-order valence-corrected chi connectivity index (χ0v) is 14.8. The molecule has 0 bridgehead atoms. The van der Waals surface area contributed by atoms with E-state index < -0.39 is 0 Å². The fraction of sp³-hybridized carbons (Fsp3) is 0.471. The first-order valence-corrected chi connectivity index (χ1v) is 9.29. The number of anilines is 2. The van der Waals surface area contributed by atoms with Crippen LogP contribution in [0.1, 0.15) is 36.6 Å². The van der Waals surface area contributed by atoms with Gasteiger partial charge in [0.1, 0.15) is 4.83 Å². The maximum absolute atomic E-state index is 13.1. The molecule has 0 amide bonds. The van der Waals surface area contributed by atoms with Gasteiger partial charge in [0, 0.05) is 24.7 Å². The van der Waals surface area contributed by atoms with Gasteiger partial charge in [-0.05, 0) is 37.7 Å². The summed E-state index contributed by atoms with van der Waals surface area (Å²) in [7, 11) is 1.87. The van der Waals surface area contributed by atoms with Crippen LogP contribution in [0.5, 0.6) is 0 Å². The minimum atomic E-state index is 0.0904. The number of hydrogen-bond donors (Lipinski definition) is 1. The molecule has 7 heteroatoms. The van der Waals surface area contributed by atoms with E-state index in [0.717, 1.165) is 35.2 Å². The van der Waals surface area contributed by atoms with E-state index in [1.165, 1.54) is 23.3 Å². The summed E-state index contributed by atoms with van der Waals surface area (Å²) in [4.78, 5) is 20.1. The molecule has 0 radical (unpaired) electrons. The zero-order valence-electron chi connectivity index (χ0n) is 14.0. The highest BCUT2D eigenvalue weighted by Gasteiger charge is 2.22. The minimum absolute atomic E-state index is 0.0904. The molecule has 0 aromatic carbocycles. The normalized spacial score (nSPS) is 14.1. The molecule has 3 aromatic heterocycles. The molecule has 0 spiro atoms. The first-order chi connectivity index (χ1) is 11.7. The van der Waals surface area contributed by atoms with Gasteiger partial charge in [-0.3, -0.25) is 14.0 Å². The van der Waals surface area contributed by atoms with Crippen LogP contribution < -0.4 is 10.9 Å². The van der Waals surface area contributed by atoms with Crippen LogP contribution in [-0.2, 0) is 26.4 Å². The van der Waals surface area contributed by atoms with Crippen molar-refractivity contribution >= 4 is 33.2 Å². The Morgan fingerprint density at radius 2 is 2.17 bits per heavy atom. The van der Waals surface area contributed by atoms with Crippen LogP contribution in [0.15, 0.2) is 17.2 Å². The molecule has 1 aliphatic rings.